The van der Waals surface area contributed by atoms with E-state index in [0.29, 0.717) is 31.5 Å². The molecule has 34 heavy (non-hydrogen) atoms. The van der Waals surface area contributed by atoms with Crippen molar-refractivity contribution in [1.82, 2.24) is 15.5 Å². The van der Waals surface area contributed by atoms with Gasteiger partial charge in [0.25, 0.3) is 11.8 Å². The van der Waals surface area contributed by atoms with Crippen LogP contribution in [0.3, 0.4) is 0 Å². The zero-order chi connectivity index (χ0) is 24.7. The summed E-state index contributed by atoms with van der Waals surface area (Å²) in [5.41, 5.74) is -0.215. The summed E-state index contributed by atoms with van der Waals surface area (Å²) in [6, 6.07) is 11.9. The number of halogens is 3. The molecule has 1 saturated heterocycles. The number of benzene rings is 2. The highest BCUT2D eigenvalue weighted by atomic mass is 19.4. The lowest BCUT2D eigenvalue weighted by atomic mass is 9.88. The minimum absolute atomic E-state index is 0.170. The lowest BCUT2D eigenvalue weighted by Gasteiger charge is -2.36. The highest BCUT2D eigenvalue weighted by Crippen LogP contribution is 2.29. The van der Waals surface area contributed by atoms with E-state index in [1.165, 1.54) is 12.1 Å². The fourth-order valence-electron chi connectivity index (χ4n) is 3.91. The molecule has 0 saturated carbocycles. The molecular formula is C25H26F3N3O3. The van der Waals surface area contributed by atoms with Crippen molar-refractivity contribution in [3.63, 3.8) is 0 Å². The van der Waals surface area contributed by atoms with Crippen LogP contribution in [0.1, 0.15) is 39.1 Å². The van der Waals surface area contributed by atoms with E-state index in [1.807, 2.05) is 0 Å². The molecule has 0 radical (unpaired) electrons. The Labute approximate surface area is 195 Å². The van der Waals surface area contributed by atoms with Crippen molar-refractivity contribution in [3.8, 4) is 0 Å². The number of nitrogens with zero attached hydrogens (tertiary/aromatic N) is 1. The second-order valence-electron chi connectivity index (χ2n) is 8.06. The number of hydrogen-bond donors (Lipinski definition) is 2. The van der Waals surface area contributed by atoms with Crippen molar-refractivity contribution in [1.29, 1.82) is 0 Å². The molecule has 1 atom stereocenters. The first-order chi connectivity index (χ1) is 16.2. The van der Waals surface area contributed by atoms with Crippen LogP contribution < -0.4 is 10.6 Å². The largest absolute Gasteiger partial charge is 0.416 e. The van der Waals surface area contributed by atoms with Crippen LogP contribution in [-0.4, -0.2) is 48.3 Å². The van der Waals surface area contributed by atoms with Crippen molar-refractivity contribution in [2.45, 2.75) is 25.1 Å². The summed E-state index contributed by atoms with van der Waals surface area (Å²) in [7, 11) is 0. The second-order valence-corrected chi connectivity index (χ2v) is 8.06. The highest BCUT2D eigenvalue weighted by Gasteiger charge is 2.34. The van der Waals surface area contributed by atoms with Crippen LogP contribution >= 0.6 is 0 Å². The number of carbonyl (C=O) groups is 3. The molecule has 1 heterocycles. The Hall–Kier alpha value is -3.62. The van der Waals surface area contributed by atoms with Gasteiger partial charge in [-0.3, -0.25) is 14.4 Å². The van der Waals surface area contributed by atoms with E-state index in [-0.39, 0.29) is 35.7 Å². The maximum absolute atomic E-state index is 12.8. The Morgan fingerprint density at radius 3 is 2.18 bits per heavy atom. The number of nitrogens with one attached hydrogen (secondary N) is 2. The number of alkyl halides is 3. The van der Waals surface area contributed by atoms with Gasteiger partial charge in [0.15, 0.2) is 0 Å². The van der Waals surface area contributed by atoms with Gasteiger partial charge in [-0.25, -0.2) is 0 Å². The van der Waals surface area contributed by atoms with E-state index in [2.05, 4.69) is 17.2 Å². The molecule has 0 bridgehead atoms. The van der Waals surface area contributed by atoms with Gasteiger partial charge < -0.3 is 15.5 Å². The number of hydrogen-bond acceptors (Lipinski definition) is 3. The van der Waals surface area contributed by atoms with Crippen LogP contribution in [0.2, 0.25) is 0 Å². The van der Waals surface area contributed by atoms with E-state index < -0.39 is 17.8 Å². The fourth-order valence-corrected chi connectivity index (χ4v) is 3.91. The van der Waals surface area contributed by atoms with Gasteiger partial charge in [-0.15, -0.1) is 6.58 Å². The molecule has 2 aromatic rings. The van der Waals surface area contributed by atoms with Gasteiger partial charge in [-0.2, -0.15) is 13.2 Å². The lowest BCUT2D eigenvalue weighted by Crippen LogP contribution is -2.53. The van der Waals surface area contributed by atoms with Crippen molar-refractivity contribution in [3.05, 3.63) is 83.9 Å². The molecule has 9 heteroatoms. The van der Waals surface area contributed by atoms with Crippen molar-refractivity contribution >= 4 is 17.7 Å². The second kappa shape index (κ2) is 11.0. The number of rotatable bonds is 7. The predicted molar refractivity (Wildman–Crippen MR) is 121 cm³/mol. The van der Waals surface area contributed by atoms with Crippen molar-refractivity contribution in [2.75, 3.05) is 19.6 Å². The Bertz CT molecular complexity index is 1020. The number of carbonyl (C=O) groups excluding carboxylic acids is 3. The van der Waals surface area contributed by atoms with Crippen LogP contribution in [0.5, 0.6) is 0 Å². The summed E-state index contributed by atoms with van der Waals surface area (Å²) in [5.74, 6) is -1.29. The predicted octanol–water partition coefficient (Wildman–Crippen LogP) is 3.66. The molecule has 0 spiro atoms. The summed E-state index contributed by atoms with van der Waals surface area (Å²) in [6.45, 7) is 4.47. The summed E-state index contributed by atoms with van der Waals surface area (Å²) < 4.78 is 38.3. The minimum atomic E-state index is -4.47. The normalized spacial score (nSPS) is 15.3. The van der Waals surface area contributed by atoms with Gasteiger partial charge in [0.2, 0.25) is 5.91 Å². The van der Waals surface area contributed by atoms with Gasteiger partial charge >= 0.3 is 6.18 Å². The van der Waals surface area contributed by atoms with E-state index >= 15 is 0 Å². The maximum atomic E-state index is 12.8. The number of piperidine rings is 1. The third kappa shape index (κ3) is 6.24. The van der Waals surface area contributed by atoms with Crippen LogP contribution in [-0.2, 0) is 11.0 Å². The molecule has 6 nitrogen and oxygen atoms in total. The molecule has 3 amide bonds. The van der Waals surface area contributed by atoms with Gasteiger partial charge in [0, 0.05) is 30.8 Å². The molecule has 0 unspecified atom stereocenters. The minimum Gasteiger partial charge on any atom is -0.351 e. The SMILES string of the molecule is C=CCNC(=O)[C@H](NC(=O)c1ccccc1)C1CCN(C(=O)c2ccc(C(F)(F)F)cc2)CC1. The Morgan fingerprint density at radius 2 is 1.62 bits per heavy atom. The van der Waals surface area contributed by atoms with E-state index in [1.54, 1.807) is 41.3 Å². The first-order valence-corrected chi connectivity index (χ1v) is 10.9. The summed E-state index contributed by atoms with van der Waals surface area (Å²) in [4.78, 5) is 39.8. The van der Waals surface area contributed by atoms with Gasteiger partial charge in [-0.05, 0) is 55.2 Å². The molecule has 2 aromatic carbocycles. The zero-order valence-corrected chi connectivity index (χ0v) is 18.5. The van der Waals surface area contributed by atoms with Crippen LogP contribution in [0.15, 0.2) is 67.3 Å². The lowest BCUT2D eigenvalue weighted by molar-refractivity contribution is -0.137. The summed E-state index contributed by atoms with van der Waals surface area (Å²) >= 11 is 0. The topological polar surface area (TPSA) is 78.5 Å². The van der Waals surface area contributed by atoms with Crippen LogP contribution in [0.25, 0.3) is 0 Å². The molecule has 3 rings (SSSR count). The van der Waals surface area contributed by atoms with Crippen LogP contribution in [0, 0.1) is 5.92 Å². The molecular weight excluding hydrogens is 447 g/mol. The number of amides is 3. The molecule has 2 N–H and O–H groups in total. The monoisotopic (exact) mass is 473 g/mol. The Morgan fingerprint density at radius 1 is 1.00 bits per heavy atom. The quantitative estimate of drug-likeness (QED) is 0.603. The summed E-state index contributed by atoms with van der Waals surface area (Å²) in [5, 5.41) is 5.53. The van der Waals surface area contributed by atoms with Gasteiger partial charge in [-0.1, -0.05) is 24.3 Å². The average Bonchev–Trinajstić information content (AvgIpc) is 2.85. The number of likely N-dealkylation sites (tertiary alicyclic amines) is 1. The highest BCUT2D eigenvalue weighted by molar-refractivity contribution is 5.97. The van der Waals surface area contributed by atoms with Gasteiger partial charge in [0.1, 0.15) is 6.04 Å². The Balaban J connectivity index is 1.66. The molecule has 1 aliphatic heterocycles. The molecule has 0 aliphatic carbocycles. The van der Waals surface area contributed by atoms with E-state index in [0.717, 1.165) is 12.1 Å². The first-order valence-electron chi connectivity index (χ1n) is 10.9. The van der Waals surface area contributed by atoms with Crippen molar-refractivity contribution < 1.29 is 27.6 Å². The smallest absolute Gasteiger partial charge is 0.351 e. The van der Waals surface area contributed by atoms with E-state index in [9.17, 15) is 27.6 Å². The zero-order valence-electron chi connectivity index (χ0n) is 18.5. The molecule has 1 fully saturated rings. The van der Waals surface area contributed by atoms with Crippen molar-refractivity contribution in [2.24, 2.45) is 5.92 Å². The first kappa shape index (κ1) is 25.0. The fraction of sp³-hybridized carbons (Fsp3) is 0.320. The van der Waals surface area contributed by atoms with Gasteiger partial charge in [0.05, 0.1) is 5.56 Å². The molecule has 0 aromatic heterocycles. The standard InChI is InChI=1S/C25H26F3N3O3/c1-2-14-29-23(33)21(30-22(32)18-6-4-3-5-7-18)17-12-15-31(16-13-17)24(34)19-8-10-20(11-9-19)25(26,27)28/h2-11,17,21H,1,12-16H2,(H,29,33)(H,30,32)/t21-/m1/s1. The third-order valence-electron chi connectivity index (χ3n) is 5.78. The summed E-state index contributed by atoms with van der Waals surface area (Å²) in [6.07, 6.45) is -2.02. The Kier molecular flexibility index (Phi) is 8.09. The average molecular weight is 473 g/mol. The van der Waals surface area contributed by atoms with Crippen LogP contribution in [0.4, 0.5) is 13.2 Å². The maximum Gasteiger partial charge on any atom is 0.416 e. The molecule has 1 aliphatic rings. The third-order valence-corrected chi connectivity index (χ3v) is 5.78. The molecule has 180 valence electrons. The van der Waals surface area contributed by atoms with E-state index in [4.69, 9.17) is 0 Å².